The molecule has 0 saturated heterocycles. The molecule has 2 aromatic rings. The zero-order chi connectivity index (χ0) is 18.2. The molecule has 0 saturated carbocycles. The number of hydrogen-bond acceptors (Lipinski definition) is 4. The fraction of sp³-hybridized carbons (Fsp3) is 0.158. The Morgan fingerprint density at radius 3 is 2.52 bits per heavy atom. The van der Waals surface area contributed by atoms with Gasteiger partial charge in [0.15, 0.2) is 6.10 Å². The summed E-state index contributed by atoms with van der Waals surface area (Å²) in [4.78, 5) is 23.9. The van der Waals surface area contributed by atoms with Crippen LogP contribution in [0.4, 0.5) is 5.69 Å². The van der Waals surface area contributed by atoms with Crippen molar-refractivity contribution >= 4 is 39.6 Å². The maximum absolute atomic E-state index is 12.1. The monoisotopic (exact) mass is 403 g/mol. The van der Waals surface area contributed by atoms with Crippen molar-refractivity contribution < 1.29 is 19.1 Å². The molecule has 5 nitrogen and oxygen atoms in total. The second-order valence-electron chi connectivity index (χ2n) is 5.19. The van der Waals surface area contributed by atoms with Gasteiger partial charge in [-0.15, -0.1) is 0 Å². The first-order valence-electron chi connectivity index (χ1n) is 7.57. The number of ether oxygens (including phenoxy) is 2. The largest absolute Gasteiger partial charge is 0.497 e. The van der Waals surface area contributed by atoms with Crippen LogP contribution < -0.4 is 10.1 Å². The maximum Gasteiger partial charge on any atom is 0.331 e. The van der Waals surface area contributed by atoms with Gasteiger partial charge in [-0.2, -0.15) is 0 Å². The van der Waals surface area contributed by atoms with Crippen molar-refractivity contribution in [3.8, 4) is 5.75 Å². The van der Waals surface area contributed by atoms with Gasteiger partial charge in [-0.25, -0.2) is 4.79 Å². The number of anilines is 1. The van der Waals surface area contributed by atoms with Crippen LogP contribution in [0.15, 0.2) is 59.1 Å². The zero-order valence-electron chi connectivity index (χ0n) is 13.9. The highest BCUT2D eigenvalue weighted by atomic mass is 79.9. The minimum Gasteiger partial charge on any atom is -0.497 e. The second-order valence-corrected chi connectivity index (χ2v) is 6.10. The predicted molar refractivity (Wildman–Crippen MR) is 100 cm³/mol. The molecule has 0 radical (unpaired) electrons. The van der Waals surface area contributed by atoms with E-state index in [2.05, 4.69) is 21.2 Å². The van der Waals surface area contributed by atoms with E-state index in [-0.39, 0.29) is 0 Å². The van der Waals surface area contributed by atoms with Crippen molar-refractivity contribution in [3.63, 3.8) is 0 Å². The summed E-state index contributed by atoms with van der Waals surface area (Å²) >= 11 is 3.36. The van der Waals surface area contributed by atoms with E-state index in [9.17, 15) is 9.59 Å². The molecule has 2 aromatic carbocycles. The molecule has 0 heterocycles. The lowest BCUT2D eigenvalue weighted by atomic mass is 10.2. The normalized spacial score (nSPS) is 11.8. The molecule has 1 N–H and O–H groups in total. The van der Waals surface area contributed by atoms with E-state index in [0.717, 1.165) is 10.0 Å². The van der Waals surface area contributed by atoms with Gasteiger partial charge in [0.1, 0.15) is 5.75 Å². The fourth-order valence-corrected chi connectivity index (χ4v) is 2.38. The highest BCUT2D eigenvalue weighted by Gasteiger charge is 2.16. The summed E-state index contributed by atoms with van der Waals surface area (Å²) in [5, 5.41) is 2.68. The van der Waals surface area contributed by atoms with Crippen LogP contribution in [0.25, 0.3) is 6.08 Å². The summed E-state index contributed by atoms with van der Waals surface area (Å²) in [5.74, 6) is -0.304. The molecule has 6 heteroatoms. The standard InChI is InChI=1S/C19H18BrNO4/c1-13(19(23)21-16-7-9-17(24-2)10-8-16)25-18(22)11-6-14-4-3-5-15(20)12-14/h3-13H,1-2H3,(H,21,23)/b11-6+. The Hall–Kier alpha value is -2.60. The molecule has 0 aliphatic rings. The van der Waals surface area contributed by atoms with E-state index < -0.39 is 18.0 Å². The number of hydrogen-bond donors (Lipinski definition) is 1. The molecular weight excluding hydrogens is 386 g/mol. The van der Waals surface area contributed by atoms with Crippen molar-refractivity contribution in [3.05, 3.63) is 64.6 Å². The number of rotatable bonds is 6. The lowest BCUT2D eigenvalue weighted by Gasteiger charge is -2.12. The quantitative estimate of drug-likeness (QED) is 0.583. The van der Waals surface area contributed by atoms with Crippen molar-refractivity contribution in [1.29, 1.82) is 0 Å². The van der Waals surface area contributed by atoms with Gasteiger partial charge in [0, 0.05) is 16.2 Å². The number of amides is 1. The Morgan fingerprint density at radius 1 is 1.16 bits per heavy atom. The van der Waals surface area contributed by atoms with Crippen LogP contribution in [-0.2, 0) is 14.3 Å². The average molecular weight is 404 g/mol. The summed E-state index contributed by atoms with van der Waals surface area (Å²) in [6.07, 6.45) is 2.00. The summed E-state index contributed by atoms with van der Waals surface area (Å²) in [7, 11) is 1.57. The molecule has 1 unspecified atom stereocenters. The number of esters is 1. The first-order chi connectivity index (χ1) is 12.0. The van der Waals surface area contributed by atoms with Gasteiger partial charge in [0.25, 0.3) is 5.91 Å². The molecule has 2 rings (SSSR count). The number of methoxy groups -OCH3 is 1. The Balaban J connectivity index is 1.87. The van der Waals surface area contributed by atoms with E-state index >= 15 is 0 Å². The molecule has 25 heavy (non-hydrogen) atoms. The van der Waals surface area contributed by atoms with Crippen LogP contribution >= 0.6 is 15.9 Å². The van der Waals surface area contributed by atoms with Crippen LogP contribution in [0.3, 0.4) is 0 Å². The average Bonchev–Trinajstić information content (AvgIpc) is 2.60. The molecule has 0 aliphatic heterocycles. The second kappa shape index (κ2) is 9.03. The van der Waals surface area contributed by atoms with Crippen molar-refractivity contribution in [1.82, 2.24) is 0 Å². The van der Waals surface area contributed by atoms with Gasteiger partial charge in [0.05, 0.1) is 7.11 Å². The number of carbonyl (C=O) groups excluding carboxylic acids is 2. The molecule has 0 aromatic heterocycles. The number of carbonyl (C=O) groups is 2. The van der Waals surface area contributed by atoms with Crippen LogP contribution in [0.1, 0.15) is 12.5 Å². The van der Waals surface area contributed by atoms with E-state index in [4.69, 9.17) is 9.47 Å². The third-order valence-electron chi connectivity index (χ3n) is 3.28. The fourth-order valence-electron chi connectivity index (χ4n) is 1.96. The van der Waals surface area contributed by atoms with Crippen molar-refractivity contribution in [2.75, 3.05) is 12.4 Å². The topological polar surface area (TPSA) is 64.6 Å². The molecule has 0 fully saturated rings. The minimum absolute atomic E-state index is 0.408. The molecule has 0 aliphatic carbocycles. The minimum atomic E-state index is -0.915. The van der Waals surface area contributed by atoms with Crippen LogP contribution in [-0.4, -0.2) is 25.1 Å². The van der Waals surface area contributed by atoms with Crippen molar-refractivity contribution in [2.24, 2.45) is 0 Å². The van der Waals surface area contributed by atoms with Crippen molar-refractivity contribution in [2.45, 2.75) is 13.0 Å². The number of halogens is 1. The molecule has 1 atom stereocenters. The lowest BCUT2D eigenvalue weighted by molar-refractivity contribution is -0.148. The molecular formula is C19H18BrNO4. The first kappa shape index (κ1) is 18.7. The molecule has 0 spiro atoms. The predicted octanol–water partition coefficient (Wildman–Crippen LogP) is 4.04. The Morgan fingerprint density at radius 2 is 1.88 bits per heavy atom. The highest BCUT2D eigenvalue weighted by molar-refractivity contribution is 9.10. The zero-order valence-corrected chi connectivity index (χ0v) is 15.4. The highest BCUT2D eigenvalue weighted by Crippen LogP contribution is 2.16. The van der Waals surface area contributed by atoms with E-state index in [1.54, 1.807) is 37.5 Å². The Kier molecular flexibility index (Phi) is 6.77. The number of nitrogens with one attached hydrogen (secondary N) is 1. The smallest absolute Gasteiger partial charge is 0.331 e. The number of benzene rings is 2. The van der Waals surface area contributed by atoms with Gasteiger partial charge in [-0.1, -0.05) is 28.1 Å². The third-order valence-corrected chi connectivity index (χ3v) is 3.77. The molecule has 0 bridgehead atoms. The molecule has 130 valence electrons. The van der Waals surface area contributed by atoms with Crippen LogP contribution in [0.2, 0.25) is 0 Å². The van der Waals surface area contributed by atoms with Gasteiger partial charge in [0.2, 0.25) is 0 Å². The maximum atomic E-state index is 12.1. The SMILES string of the molecule is COc1ccc(NC(=O)C(C)OC(=O)/C=C/c2cccc(Br)c2)cc1. The lowest BCUT2D eigenvalue weighted by Crippen LogP contribution is -2.29. The Bertz CT molecular complexity index is 771. The van der Waals surface area contributed by atoms with E-state index in [0.29, 0.717) is 11.4 Å². The van der Waals surface area contributed by atoms with Crippen LogP contribution in [0.5, 0.6) is 5.75 Å². The van der Waals surface area contributed by atoms with Gasteiger partial charge in [-0.3, -0.25) is 4.79 Å². The van der Waals surface area contributed by atoms with Gasteiger partial charge >= 0.3 is 5.97 Å². The Labute approximate surface area is 154 Å². The van der Waals surface area contributed by atoms with E-state index in [1.165, 1.54) is 13.0 Å². The van der Waals surface area contributed by atoms with E-state index in [1.807, 2.05) is 24.3 Å². The summed E-state index contributed by atoms with van der Waals surface area (Å²) in [5.41, 5.74) is 1.44. The summed E-state index contributed by atoms with van der Waals surface area (Å²) in [6, 6.07) is 14.3. The summed E-state index contributed by atoms with van der Waals surface area (Å²) < 4.78 is 11.1. The summed E-state index contributed by atoms with van der Waals surface area (Å²) in [6.45, 7) is 1.52. The van der Waals surface area contributed by atoms with Gasteiger partial charge in [-0.05, 0) is 55.0 Å². The third kappa shape index (κ3) is 6.08. The molecule has 1 amide bonds. The van der Waals surface area contributed by atoms with Crippen LogP contribution in [0, 0.1) is 0 Å². The van der Waals surface area contributed by atoms with Gasteiger partial charge < -0.3 is 14.8 Å². The first-order valence-corrected chi connectivity index (χ1v) is 8.36.